The van der Waals surface area contributed by atoms with Crippen LogP contribution >= 0.6 is 0 Å². The Morgan fingerprint density at radius 3 is 2.40 bits per heavy atom. The summed E-state index contributed by atoms with van der Waals surface area (Å²) in [6, 6.07) is 17.1. The molecular weight excluding hydrogens is 546 g/mol. The van der Waals surface area contributed by atoms with Gasteiger partial charge in [-0.3, -0.25) is 14.4 Å². The Kier molecular flexibility index (Phi) is 14.2. The number of para-hydroxylation sites is 1. The van der Waals surface area contributed by atoms with Crippen molar-refractivity contribution in [2.24, 2.45) is 11.8 Å². The van der Waals surface area contributed by atoms with Crippen molar-refractivity contribution in [3.8, 4) is 0 Å². The summed E-state index contributed by atoms with van der Waals surface area (Å²) in [4.78, 5) is 42.5. The molecule has 0 aliphatic rings. The Morgan fingerprint density at radius 1 is 0.930 bits per heavy atom. The molecule has 4 N–H and O–H groups in total. The predicted molar refractivity (Wildman–Crippen MR) is 167 cm³/mol. The zero-order valence-corrected chi connectivity index (χ0v) is 24.6. The lowest BCUT2D eigenvalue weighted by Crippen LogP contribution is -2.44. The molecule has 3 unspecified atom stereocenters. The fourth-order valence-electron chi connectivity index (χ4n) is 4.91. The molecular formula is C34H43N3O6. The van der Waals surface area contributed by atoms with E-state index in [1.807, 2.05) is 60.8 Å². The molecule has 0 saturated carbocycles. The van der Waals surface area contributed by atoms with Gasteiger partial charge in [0.1, 0.15) is 6.61 Å². The minimum Gasteiger partial charge on any atom is -0.463 e. The number of aliphatic hydroxyl groups is 1. The number of carbonyl (C=O) groups excluding carboxylic acids is 3. The lowest BCUT2D eigenvalue weighted by molar-refractivity contribution is -0.149. The largest absolute Gasteiger partial charge is 0.463 e. The third-order valence-corrected chi connectivity index (χ3v) is 7.08. The number of aromatic nitrogens is 1. The number of nitrogens with one attached hydrogen (secondary N) is 3. The lowest BCUT2D eigenvalue weighted by atomic mass is 9.96. The van der Waals surface area contributed by atoms with Crippen LogP contribution in [0.25, 0.3) is 10.9 Å². The van der Waals surface area contributed by atoms with Crippen LogP contribution < -0.4 is 10.6 Å². The summed E-state index contributed by atoms with van der Waals surface area (Å²) in [6.07, 6.45) is 6.90. The molecule has 0 aliphatic carbocycles. The molecule has 0 bridgehead atoms. The van der Waals surface area contributed by atoms with Gasteiger partial charge in [-0.05, 0) is 42.9 Å². The van der Waals surface area contributed by atoms with Gasteiger partial charge in [0.25, 0.3) is 0 Å². The maximum absolute atomic E-state index is 13.5. The van der Waals surface area contributed by atoms with Crippen LogP contribution in [0.2, 0.25) is 0 Å². The summed E-state index contributed by atoms with van der Waals surface area (Å²) in [5.41, 5.74) is 2.97. The van der Waals surface area contributed by atoms with Crippen LogP contribution in [0, 0.1) is 11.8 Å². The van der Waals surface area contributed by atoms with E-state index in [-0.39, 0.29) is 57.2 Å². The third kappa shape index (κ3) is 11.2. The number of fused-ring (bicyclic) bond motifs is 1. The number of benzene rings is 2. The summed E-state index contributed by atoms with van der Waals surface area (Å²) < 4.78 is 11.0. The van der Waals surface area contributed by atoms with E-state index in [1.165, 1.54) is 0 Å². The van der Waals surface area contributed by atoms with E-state index in [0.29, 0.717) is 25.7 Å². The molecule has 0 spiro atoms. The number of amides is 2. The highest BCUT2D eigenvalue weighted by atomic mass is 16.5. The van der Waals surface area contributed by atoms with Crippen LogP contribution in [0.5, 0.6) is 0 Å². The number of allylic oxidation sites excluding steroid dienone is 2. The van der Waals surface area contributed by atoms with Gasteiger partial charge in [-0.25, -0.2) is 0 Å². The zero-order valence-electron chi connectivity index (χ0n) is 24.6. The van der Waals surface area contributed by atoms with Crippen LogP contribution in [0.1, 0.15) is 30.4 Å². The highest BCUT2D eigenvalue weighted by Crippen LogP contribution is 2.21. The van der Waals surface area contributed by atoms with Gasteiger partial charge in [-0.15, -0.1) is 13.2 Å². The van der Waals surface area contributed by atoms with E-state index in [9.17, 15) is 14.4 Å². The molecule has 0 fully saturated rings. The lowest BCUT2D eigenvalue weighted by Gasteiger charge is -2.23. The molecule has 2 amide bonds. The quantitative estimate of drug-likeness (QED) is 0.0900. The molecule has 1 heterocycles. The fraction of sp³-hybridized carbons (Fsp3) is 0.382. The maximum atomic E-state index is 13.5. The van der Waals surface area contributed by atoms with Crippen molar-refractivity contribution >= 4 is 28.7 Å². The summed E-state index contributed by atoms with van der Waals surface area (Å²) in [5, 5.41) is 15.6. The van der Waals surface area contributed by atoms with Crippen molar-refractivity contribution in [3.63, 3.8) is 0 Å². The molecule has 3 rings (SSSR count). The van der Waals surface area contributed by atoms with Crippen LogP contribution in [0.4, 0.5) is 0 Å². The fourth-order valence-corrected chi connectivity index (χ4v) is 4.91. The molecule has 0 aliphatic heterocycles. The van der Waals surface area contributed by atoms with Gasteiger partial charge in [0, 0.05) is 30.1 Å². The Balaban J connectivity index is 1.70. The van der Waals surface area contributed by atoms with E-state index in [0.717, 1.165) is 22.0 Å². The average molecular weight is 590 g/mol. The number of carbonyl (C=O) groups is 3. The summed E-state index contributed by atoms with van der Waals surface area (Å²) in [6.45, 7) is 8.17. The first-order chi connectivity index (χ1) is 20.9. The normalized spacial score (nSPS) is 13.0. The number of aliphatic hydroxyl groups excluding tert-OH is 1. The highest BCUT2D eigenvalue weighted by molar-refractivity contribution is 5.86. The van der Waals surface area contributed by atoms with E-state index in [4.69, 9.17) is 14.6 Å². The topological polar surface area (TPSA) is 130 Å². The summed E-state index contributed by atoms with van der Waals surface area (Å²) in [7, 11) is 0. The molecule has 3 atom stereocenters. The molecule has 2 aromatic carbocycles. The molecule has 3 aromatic rings. The second-order valence-electron chi connectivity index (χ2n) is 10.4. The Bertz CT molecular complexity index is 1320. The van der Waals surface area contributed by atoms with Crippen LogP contribution in [-0.2, 0) is 36.7 Å². The van der Waals surface area contributed by atoms with E-state index in [2.05, 4.69) is 28.8 Å². The molecule has 0 radical (unpaired) electrons. The molecule has 9 heteroatoms. The number of ether oxygens (including phenoxy) is 2. The SMILES string of the molecule is C=CCC(CC(=O)NCCOCCO)C(=O)NC(COC(=O)C(CC=C)Cc1ccccc1)Cc1c[nH]c2ccccc12. The van der Waals surface area contributed by atoms with Crippen molar-refractivity contribution in [3.05, 3.63) is 97.2 Å². The van der Waals surface area contributed by atoms with Gasteiger partial charge in [-0.2, -0.15) is 0 Å². The van der Waals surface area contributed by atoms with E-state index in [1.54, 1.807) is 12.2 Å². The van der Waals surface area contributed by atoms with Crippen molar-refractivity contribution < 1.29 is 29.0 Å². The van der Waals surface area contributed by atoms with Gasteiger partial charge in [0.2, 0.25) is 11.8 Å². The Hall–Kier alpha value is -4.21. The Labute approximate surface area is 253 Å². The van der Waals surface area contributed by atoms with Gasteiger partial charge in [0.05, 0.1) is 37.7 Å². The maximum Gasteiger partial charge on any atom is 0.309 e. The molecule has 0 saturated heterocycles. The zero-order chi connectivity index (χ0) is 30.9. The second-order valence-corrected chi connectivity index (χ2v) is 10.4. The van der Waals surface area contributed by atoms with Gasteiger partial charge in [-0.1, -0.05) is 60.7 Å². The van der Waals surface area contributed by atoms with Crippen LogP contribution in [0.15, 0.2) is 86.1 Å². The van der Waals surface area contributed by atoms with Crippen molar-refractivity contribution in [2.75, 3.05) is 33.0 Å². The van der Waals surface area contributed by atoms with Gasteiger partial charge < -0.3 is 30.2 Å². The van der Waals surface area contributed by atoms with Gasteiger partial charge in [0.15, 0.2) is 0 Å². The number of esters is 1. The average Bonchev–Trinajstić information content (AvgIpc) is 3.42. The molecule has 1 aromatic heterocycles. The van der Waals surface area contributed by atoms with E-state index < -0.39 is 17.9 Å². The summed E-state index contributed by atoms with van der Waals surface area (Å²) in [5.74, 6) is -2.01. The smallest absolute Gasteiger partial charge is 0.309 e. The first kappa shape index (κ1) is 33.3. The minimum absolute atomic E-state index is 0.0261. The number of hydrogen-bond acceptors (Lipinski definition) is 6. The number of H-pyrrole nitrogens is 1. The van der Waals surface area contributed by atoms with Crippen molar-refractivity contribution in [2.45, 2.75) is 38.1 Å². The monoisotopic (exact) mass is 589 g/mol. The number of rotatable bonds is 20. The highest BCUT2D eigenvalue weighted by Gasteiger charge is 2.26. The summed E-state index contributed by atoms with van der Waals surface area (Å²) >= 11 is 0. The Morgan fingerprint density at radius 2 is 1.65 bits per heavy atom. The first-order valence-electron chi connectivity index (χ1n) is 14.7. The number of aromatic amines is 1. The standard InChI is InChI=1S/C34H43N3O6/c1-3-10-26(22-32(39)35-16-18-42-19-17-38)33(40)37-29(21-28-23-36-31-15-9-8-14-30(28)31)24-43-34(41)27(11-4-2)20-25-12-6-5-7-13-25/h3-9,12-15,23,26-27,29,36,38H,1-2,10-11,16-22,24H2,(H,35,39)(H,37,40). The first-order valence-corrected chi connectivity index (χ1v) is 14.7. The molecule has 230 valence electrons. The molecule has 43 heavy (non-hydrogen) atoms. The van der Waals surface area contributed by atoms with Crippen molar-refractivity contribution in [1.82, 2.24) is 15.6 Å². The predicted octanol–water partition coefficient (Wildman–Crippen LogP) is 3.88. The molecule has 9 nitrogen and oxygen atoms in total. The second kappa shape index (κ2) is 18.4. The number of hydrogen-bond donors (Lipinski definition) is 4. The van der Waals surface area contributed by atoms with E-state index >= 15 is 0 Å². The minimum atomic E-state index is -0.649. The van der Waals surface area contributed by atoms with Crippen LogP contribution in [-0.4, -0.2) is 66.9 Å². The van der Waals surface area contributed by atoms with Crippen LogP contribution in [0.3, 0.4) is 0 Å². The van der Waals surface area contributed by atoms with Gasteiger partial charge >= 0.3 is 5.97 Å². The van der Waals surface area contributed by atoms with Crippen molar-refractivity contribution in [1.29, 1.82) is 0 Å². The third-order valence-electron chi connectivity index (χ3n) is 7.08.